The van der Waals surface area contributed by atoms with Gasteiger partial charge in [0, 0.05) is 5.30 Å². The zero-order chi connectivity index (χ0) is 19.6. The number of para-hydroxylation sites is 1. The third-order valence-electron chi connectivity index (χ3n) is 5.34. The first-order chi connectivity index (χ1) is 14.4. The van der Waals surface area contributed by atoms with Crippen molar-refractivity contribution in [2.45, 2.75) is 0 Å². The topological polar surface area (TPSA) is 9.23 Å². The number of ether oxygens (including phenoxy) is 1. The van der Waals surface area contributed by atoms with Crippen LogP contribution in [0.1, 0.15) is 0 Å². The lowest BCUT2D eigenvalue weighted by molar-refractivity contribution is 0.418. The number of fused-ring (bicyclic) bond motifs is 2. The van der Waals surface area contributed by atoms with E-state index < -0.39 is 7.92 Å². The van der Waals surface area contributed by atoms with E-state index in [2.05, 4.69) is 103 Å². The Bertz CT molecular complexity index is 1220. The summed E-state index contributed by atoms with van der Waals surface area (Å²) >= 11 is 0. The molecule has 0 aromatic heterocycles. The zero-order valence-electron chi connectivity index (χ0n) is 16.2. The van der Waals surface area contributed by atoms with E-state index in [0.717, 1.165) is 5.75 Å². The SMILES string of the molecule is COc1ccccc1P(c1cccc2ccccc12)c1cccc2ccccc12. The molecule has 1 nitrogen and oxygen atoms in total. The quantitative estimate of drug-likeness (QED) is 0.353. The monoisotopic (exact) mass is 392 g/mol. The molecule has 0 heterocycles. The first kappa shape index (κ1) is 17.9. The summed E-state index contributed by atoms with van der Waals surface area (Å²) in [6.07, 6.45) is 0. The van der Waals surface area contributed by atoms with Crippen molar-refractivity contribution >= 4 is 45.4 Å². The molecule has 5 aromatic rings. The number of rotatable bonds is 4. The molecule has 140 valence electrons. The summed E-state index contributed by atoms with van der Waals surface area (Å²) in [7, 11) is 0.965. The Morgan fingerprint density at radius 3 is 1.52 bits per heavy atom. The second kappa shape index (κ2) is 7.70. The highest BCUT2D eigenvalue weighted by Gasteiger charge is 2.23. The van der Waals surface area contributed by atoms with Gasteiger partial charge in [0.1, 0.15) is 5.75 Å². The smallest absolute Gasteiger partial charge is 0.127 e. The van der Waals surface area contributed by atoms with Crippen molar-refractivity contribution in [2.75, 3.05) is 7.11 Å². The van der Waals surface area contributed by atoms with E-state index in [-0.39, 0.29) is 0 Å². The molecule has 0 saturated carbocycles. The fourth-order valence-electron chi connectivity index (χ4n) is 4.01. The van der Waals surface area contributed by atoms with Crippen LogP contribution in [-0.4, -0.2) is 7.11 Å². The molecule has 0 unspecified atom stereocenters. The summed E-state index contributed by atoms with van der Waals surface area (Å²) in [5.41, 5.74) is 0. The molecule has 0 radical (unpaired) electrons. The summed E-state index contributed by atoms with van der Waals surface area (Å²) in [4.78, 5) is 0. The molecule has 2 heteroatoms. The highest BCUT2D eigenvalue weighted by molar-refractivity contribution is 7.80. The van der Waals surface area contributed by atoms with Gasteiger partial charge < -0.3 is 4.74 Å². The van der Waals surface area contributed by atoms with Gasteiger partial charge in [0.25, 0.3) is 0 Å². The van der Waals surface area contributed by atoms with E-state index in [1.165, 1.54) is 37.5 Å². The molecule has 0 aliphatic carbocycles. The van der Waals surface area contributed by atoms with E-state index in [0.29, 0.717) is 0 Å². The van der Waals surface area contributed by atoms with Gasteiger partial charge in [-0.1, -0.05) is 103 Å². The Hall–Kier alpha value is -3.15. The van der Waals surface area contributed by atoms with Gasteiger partial charge in [-0.3, -0.25) is 0 Å². The third-order valence-corrected chi connectivity index (χ3v) is 7.94. The van der Waals surface area contributed by atoms with Gasteiger partial charge in [-0.15, -0.1) is 0 Å². The zero-order valence-corrected chi connectivity index (χ0v) is 17.1. The minimum atomic E-state index is -0.797. The molecule has 5 rings (SSSR count). The lowest BCUT2D eigenvalue weighted by Crippen LogP contribution is -2.23. The van der Waals surface area contributed by atoms with E-state index >= 15 is 0 Å². The maximum atomic E-state index is 5.81. The maximum Gasteiger partial charge on any atom is 0.127 e. The maximum absolute atomic E-state index is 5.81. The lowest BCUT2D eigenvalue weighted by Gasteiger charge is -2.24. The van der Waals surface area contributed by atoms with Crippen molar-refractivity contribution in [1.29, 1.82) is 0 Å². The van der Waals surface area contributed by atoms with Crippen LogP contribution in [0.15, 0.2) is 109 Å². The Morgan fingerprint density at radius 1 is 0.483 bits per heavy atom. The van der Waals surface area contributed by atoms with Crippen molar-refractivity contribution < 1.29 is 4.74 Å². The van der Waals surface area contributed by atoms with Crippen molar-refractivity contribution in [2.24, 2.45) is 0 Å². The molecule has 5 aromatic carbocycles. The van der Waals surface area contributed by atoms with Gasteiger partial charge >= 0.3 is 0 Å². The van der Waals surface area contributed by atoms with Crippen LogP contribution < -0.4 is 20.7 Å². The Balaban J connectivity index is 1.88. The van der Waals surface area contributed by atoms with E-state index in [1.807, 2.05) is 6.07 Å². The fraction of sp³-hybridized carbons (Fsp3) is 0.0370. The largest absolute Gasteiger partial charge is 0.496 e. The predicted molar refractivity (Wildman–Crippen MR) is 127 cm³/mol. The number of hydrogen-bond acceptors (Lipinski definition) is 1. The van der Waals surface area contributed by atoms with Crippen molar-refractivity contribution in [3.05, 3.63) is 109 Å². The minimum absolute atomic E-state index is 0.797. The highest BCUT2D eigenvalue weighted by Crippen LogP contribution is 2.40. The van der Waals surface area contributed by atoms with Gasteiger partial charge in [-0.25, -0.2) is 0 Å². The average molecular weight is 392 g/mol. The Morgan fingerprint density at radius 2 is 0.931 bits per heavy atom. The van der Waals surface area contributed by atoms with Crippen LogP contribution in [-0.2, 0) is 0 Å². The highest BCUT2D eigenvalue weighted by atomic mass is 31.1. The van der Waals surface area contributed by atoms with Crippen molar-refractivity contribution in [3.63, 3.8) is 0 Å². The second-order valence-electron chi connectivity index (χ2n) is 7.00. The standard InChI is InChI=1S/C27H21OP/c1-28-24-16-6-7-17-27(24)29(25-18-8-12-20-10-2-4-14-22(20)25)26-19-9-13-21-11-3-5-15-23(21)26/h2-19H,1H3. The number of methoxy groups -OCH3 is 1. The van der Waals surface area contributed by atoms with Gasteiger partial charge in [0.2, 0.25) is 0 Å². The van der Waals surface area contributed by atoms with E-state index in [1.54, 1.807) is 7.11 Å². The first-order valence-corrected chi connectivity index (χ1v) is 11.1. The van der Waals surface area contributed by atoms with Crippen molar-refractivity contribution in [3.8, 4) is 5.75 Å². The summed E-state index contributed by atoms with van der Waals surface area (Å²) in [5, 5.41) is 9.12. The Kier molecular flexibility index (Phi) is 4.76. The molecular weight excluding hydrogens is 371 g/mol. The minimum Gasteiger partial charge on any atom is -0.496 e. The summed E-state index contributed by atoms with van der Waals surface area (Å²) in [6, 6.07) is 39.1. The molecule has 0 aliphatic rings. The third kappa shape index (κ3) is 3.18. The van der Waals surface area contributed by atoms with Gasteiger partial charge in [-0.05, 0) is 46.1 Å². The predicted octanol–water partition coefficient (Wildman–Crippen LogP) is 5.76. The molecule has 0 aliphatic heterocycles. The lowest BCUT2D eigenvalue weighted by atomic mass is 10.1. The van der Waals surface area contributed by atoms with Crippen LogP contribution in [0.5, 0.6) is 5.75 Å². The van der Waals surface area contributed by atoms with Crippen molar-refractivity contribution in [1.82, 2.24) is 0 Å². The Labute approximate surface area is 172 Å². The van der Waals surface area contributed by atoms with Crippen LogP contribution in [0.2, 0.25) is 0 Å². The summed E-state index contributed by atoms with van der Waals surface area (Å²) < 4.78 is 5.81. The van der Waals surface area contributed by atoms with E-state index in [9.17, 15) is 0 Å². The van der Waals surface area contributed by atoms with Crippen LogP contribution >= 0.6 is 7.92 Å². The normalized spacial score (nSPS) is 11.2. The van der Waals surface area contributed by atoms with Gasteiger partial charge in [0.05, 0.1) is 7.11 Å². The second-order valence-corrected chi connectivity index (χ2v) is 9.12. The van der Waals surface area contributed by atoms with Crippen LogP contribution in [0.3, 0.4) is 0 Å². The summed E-state index contributed by atoms with van der Waals surface area (Å²) in [5.74, 6) is 0.944. The molecule has 0 saturated heterocycles. The number of hydrogen-bond donors (Lipinski definition) is 0. The molecule has 29 heavy (non-hydrogen) atoms. The molecule has 0 atom stereocenters. The first-order valence-electron chi connectivity index (χ1n) is 9.75. The molecular formula is C27H21OP. The molecule has 0 spiro atoms. The molecule has 0 fully saturated rings. The fourth-order valence-corrected chi connectivity index (χ4v) is 6.77. The molecule has 0 amide bonds. The molecule has 0 N–H and O–H groups in total. The summed E-state index contributed by atoms with van der Waals surface area (Å²) in [6.45, 7) is 0. The molecule has 0 bridgehead atoms. The average Bonchev–Trinajstić information content (AvgIpc) is 2.80. The van der Waals surface area contributed by atoms with Crippen LogP contribution in [0, 0.1) is 0 Å². The van der Waals surface area contributed by atoms with Gasteiger partial charge in [-0.2, -0.15) is 0 Å². The number of benzene rings is 5. The van der Waals surface area contributed by atoms with Crippen LogP contribution in [0.25, 0.3) is 21.5 Å². The van der Waals surface area contributed by atoms with Gasteiger partial charge in [0.15, 0.2) is 0 Å². The van der Waals surface area contributed by atoms with E-state index in [4.69, 9.17) is 4.74 Å². The van der Waals surface area contributed by atoms with Crippen LogP contribution in [0.4, 0.5) is 0 Å².